The lowest BCUT2D eigenvalue weighted by atomic mass is 10.1. The van der Waals surface area contributed by atoms with Crippen LogP contribution in [-0.4, -0.2) is 37.6 Å². The largest absolute Gasteiger partial charge is 0.465 e. The van der Waals surface area contributed by atoms with E-state index in [2.05, 4.69) is 20.5 Å². The van der Waals surface area contributed by atoms with Crippen molar-refractivity contribution in [3.05, 3.63) is 18.1 Å². The summed E-state index contributed by atoms with van der Waals surface area (Å²) in [5.74, 6) is -1.73. The number of tetrazole rings is 1. The molecule has 0 aromatic carbocycles. The van der Waals surface area contributed by atoms with Gasteiger partial charge in [0.25, 0.3) is 0 Å². The molecule has 2 aromatic heterocycles. The summed E-state index contributed by atoms with van der Waals surface area (Å²) in [4.78, 5) is 15.5. The highest BCUT2D eigenvalue weighted by molar-refractivity contribution is 5.80. The van der Waals surface area contributed by atoms with Gasteiger partial charge in [0.15, 0.2) is 11.6 Å². The molecule has 0 aliphatic heterocycles. The topological polar surface area (TPSA) is 106 Å². The molecule has 0 saturated heterocycles. The van der Waals surface area contributed by atoms with Crippen LogP contribution in [0.25, 0.3) is 5.65 Å². The summed E-state index contributed by atoms with van der Waals surface area (Å²) < 4.78 is 6.09. The van der Waals surface area contributed by atoms with Crippen molar-refractivity contribution in [3.63, 3.8) is 0 Å². The number of fused-ring (bicyclic) bond motifs is 1. The molecule has 0 fully saturated rings. The Bertz CT molecular complexity index is 586. The standard InChI is InChI=1S/C9H8N6O2/c1-2-17-9(16)6(3-10)7-4-11-5-8-12-13-14-15(7)8/h4-6H,2H2,1H3. The van der Waals surface area contributed by atoms with E-state index in [-0.39, 0.29) is 12.3 Å². The van der Waals surface area contributed by atoms with Crippen LogP contribution in [0.1, 0.15) is 18.5 Å². The molecule has 8 heteroatoms. The van der Waals surface area contributed by atoms with Gasteiger partial charge in [-0.05, 0) is 17.4 Å². The number of nitrogens with zero attached hydrogens (tertiary/aromatic N) is 6. The Labute approximate surface area is 95.8 Å². The number of rotatable bonds is 3. The normalized spacial score (nSPS) is 12.0. The molecule has 17 heavy (non-hydrogen) atoms. The van der Waals surface area contributed by atoms with E-state index in [9.17, 15) is 4.79 Å². The van der Waals surface area contributed by atoms with Gasteiger partial charge in [0.1, 0.15) is 0 Å². The Kier molecular flexibility index (Phi) is 2.91. The van der Waals surface area contributed by atoms with Gasteiger partial charge in [-0.1, -0.05) is 0 Å². The number of carbonyl (C=O) groups excluding carboxylic acids is 1. The van der Waals surface area contributed by atoms with Crippen molar-refractivity contribution >= 4 is 11.6 Å². The Morgan fingerprint density at radius 3 is 3.18 bits per heavy atom. The van der Waals surface area contributed by atoms with Crippen LogP contribution < -0.4 is 0 Å². The van der Waals surface area contributed by atoms with Crippen LogP contribution >= 0.6 is 0 Å². The molecule has 8 nitrogen and oxygen atoms in total. The second-order valence-corrected chi connectivity index (χ2v) is 3.10. The molecule has 2 aromatic rings. The molecule has 0 amide bonds. The number of ether oxygens (including phenoxy) is 1. The maximum absolute atomic E-state index is 11.6. The first-order valence-corrected chi connectivity index (χ1v) is 4.86. The Balaban J connectivity index is 2.47. The zero-order chi connectivity index (χ0) is 12.3. The van der Waals surface area contributed by atoms with Crippen molar-refractivity contribution in [1.29, 1.82) is 5.26 Å². The predicted molar refractivity (Wildman–Crippen MR) is 53.6 cm³/mol. The zero-order valence-electron chi connectivity index (χ0n) is 8.94. The quantitative estimate of drug-likeness (QED) is 0.668. The molecule has 0 aliphatic carbocycles. The molecule has 2 rings (SSSR count). The Hall–Kier alpha value is -2.56. The van der Waals surface area contributed by atoms with Crippen molar-refractivity contribution in [2.75, 3.05) is 6.61 Å². The number of hydrogen-bond acceptors (Lipinski definition) is 7. The monoisotopic (exact) mass is 232 g/mol. The summed E-state index contributed by atoms with van der Waals surface area (Å²) in [5.41, 5.74) is 0.653. The van der Waals surface area contributed by atoms with Crippen molar-refractivity contribution in [1.82, 2.24) is 25.0 Å². The summed E-state index contributed by atoms with van der Waals surface area (Å²) in [7, 11) is 0. The molecule has 2 heterocycles. The fraction of sp³-hybridized carbons (Fsp3) is 0.333. The van der Waals surface area contributed by atoms with Crippen molar-refractivity contribution in [2.45, 2.75) is 12.8 Å². The molecule has 0 bridgehead atoms. The lowest BCUT2D eigenvalue weighted by Crippen LogP contribution is -2.18. The SMILES string of the molecule is CCOC(=O)C(C#N)c1cncc2nnnn12. The first-order chi connectivity index (χ1) is 8.27. The van der Waals surface area contributed by atoms with Crippen LogP contribution in [0.4, 0.5) is 0 Å². The minimum Gasteiger partial charge on any atom is -0.465 e. The van der Waals surface area contributed by atoms with E-state index in [1.165, 1.54) is 16.9 Å². The van der Waals surface area contributed by atoms with E-state index < -0.39 is 11.9 Å². The van der Waals surface area contributed by atoms with Gasteiger partial charge in [-0.25, -0.2) is 0 Å². The third kappa shape index (κ3) is 1.90. The van der Waals surface area contributed by atoms with Crippen LogP contribution in [0.2, 0.25) is 0 Å². The number of carbonyl (C=O) groups is 1. The van der Waals surface area contributed by atoms with Gasteiger partial charge in [-0.3, -0.25) is 9.78 Å². The molecular weight excluding hydrogens is 224 g/mol. The number of nitriles is 1. The molecular formula is C9H8N6O2. The summed E-state index contributed by atoms with van der Waals surface area (Å²) in [5, 5.41) is 19.8. The first kappa shape index (κ1) is 10.9. The number of hydrogen-bond donors (Lipinski definition) is 0. The first-order valence-electron chi connectivity index (χ1n) is 4.86. The smallest absolute Gasteiger partial charge is 0.329 e. The maximum atomic E-state index is 11.6. The second kappa shape index (κ2) is 4.52. The third-order valence-electron chi connectivity index (χ3n) is 2.08. The highest BCUT2D eigenvalue weighted by Gasteiger charge is 2.25. The summed E-state index contributed by atoms with van der Waals surface area (Å²) in [6.07, 6.45) is 2.80. The molecule has 0 spiro atoms. The van der Waals surface area contributed by atoms with Crippen LogP contribution in [0, 0.1) is 11.3 Å². The second-order valence-electron chi connectivity index (χ2n) is 3.10. The fourth-order valence-corrected chi connectivity index (χ4v) is 1.36. The van der Waals surface area contributed by atoms with Gasteiger partial charge >= 0.3 is 5.97 Å². The lowest BCUT2D eigenvalue weighted by molar-refractivity contribution is -0.143. The van der Waals surface area contributed by atoms with Crippen molar-refractivity contribution < 1.29 is 9.53 Å². The van der Waals surface area contributed by atoms with Crippen molar-refractivity contribution in [2.24, 2.45) is 0 Å². The van der Waals surface area contributed by atoms with E-state index in [0.717, 1.165) is 0 Å². The average molecular weight is 232 g/mol. The molecule has 0 radical (unpaired) electrons. The Morgan fingerprint density at radius 2 is 2.47 bits per heavy atom. The predicted octanol–water partition coefficient (Wildman–Crippen LogP) is -0.310. The molecule has 0 saturated carbocycles. The lowest BCUT2D eigenvalue weighted by Gasteiger charge is -2.08. The van der Waals surface area contributed by atoms with E-state index in [1.807, 2.05) is 6.07 Å². The molecule has 1 atom stereocenters. The van der Waals surface area contributed by atoms with Crippen LogP contribution in [0.3, 0.4) is 0 Å². The highest BCUT2D eigenvalue weighted by atomic mass is 16.5. The van der Waals surface area contributed by atoms with Gasteiger partial charge in [0.2, 0.25) is 0 Å². The summed E-state index contributed by atoms with van der Waals surface area (Å²) >= 11 is 0. The van der Waals surface area contributed by atoms with Crippen LogP contribution in [0.15, 0.2) is 12.4 Å². The molecule has 0 N–H and O–H groups in total. The molecule has 86 valence electrons. The van der Waals surface area contributed by atoms with Gasteiger partial charge < -0.3 is 4.74 Å². The number of aromatic nitrogens is 5. The van der Waals surface area contributed by atoms with Crippen LogP contribution in [-0.2, 0) is 9.53 Å². The Morgan fingerprint density at radius 1 is 1.65 bits per heavy atom. The van der Waals surface area contributed by atoms with E-state index >= 15 is 0 Å². The van der Waals surface area contributed by atoms with Crippen LogP contribution in [0.5, 0.6) is 0 Å². The van der Waals surface area contributed by atoms with Gasteiger partial charge in [-0.2, -0.15) is 9.78 Å². The maximum Gasteiger partial charge on any atom is 0.329 e. The fourth-order valence-electron chi connectivity index (χ4n) is 1.36. The zero-order valence-corrected chi connectivity index (χ0v) is 8.94. The average Bonchev–Trinajstić information content (AvgIpc) is 2.79. The van der Waals surface area contributed by atoms with E-state index in [4.69, 9.17) is 10.00 Å². The van der Waals surface area contributed by atoms with Gasteiger partial charge in [0.05, 0.1) is 30.8 Å². The van der Waals surface area contributed by atoms with E-state index in [0.29, 0.717) is 5.65 Å². The third-order valence-corrected chi connectivity index (χ3v) is 2.08. The number of esters is 1. The minimum atomic E-state index is -1.09. The summed E-state index contributed by atoms with van der Waals surface area (Å²) in [6, 6.07) is 1.85. The van der Waals surface area contributed by atoms with E-state index in [1.54, 1.807) is 6.92 Å². The molecule has 0 aliphatic rings. The highest BCUT2D eigenvalue weighted by Crippen LogP contribution is 2.15. The summed E-state index contributed by atoms with van der Waals surface area (Å²) in [6.45, 7) is 1.87. The molecule has 1 unspecified atom stereocenters. The van der Waals surface area contributed by atoms with Gasteiger partial charge in [0, 0.05) is 0 Å². The van der Waals surface area contributed by atoms with Crippen molar-refractivity contribution in [3.8, 4) is 6.07 Å². The minimum absolute atomic E-state index is 0.204. The van der Waals surface area contributed by atoms with Gasteiger partial charge in [-0.15, -0.1) is 5.10 Å².